The van der Waals surface area contributed by atoms with Crippen LogP contribution in [0.25, 0.3) is 29.3 Å². The van der Waals surface area contributed by atoms with Gasteiger partial charge in [-0.2, -0.15) is 25.3 Å². The summed E-state index contributed by atoms with van der Waals surface area (Å²) in [5, 5.41) is 4.45. The molecule has 0 N–H and O–H groups in total. The molecule has 0 spiro atoms. The zero-order chi connectivity index (χ0) is 22.2. The molecular weight excluding hydrogens is 545 g/mol. The molecule has 0 nitrogen and oxygen atoms in total. The second kappa shape index (κ2) is 13.3. The first kappa shape index (κ1) is 25.3. The van der Waals surface area contributed by atoms with Gasteiger partial charge in [-0.1, -0.05) is 0 Å². The van der Waals surface area contributed by atoms with Crippen molar-refractivity contribution < 1.29 is 0 Å². The zero-order valence-electron chi connectivity index (χ0n) is 17.6. The summed E-state index contributed by atoms with van der Waals surface area (Å²) in [7, 11) is 0. The van der Waals surface area contributed by atoms with Crippen molar-refractivity contribution in [2.24, 2.45) is 0 Å². The molecule has 32 heavy (non-hydrogen) atoms. The molecule has 8 heteroatoms. The van der Waals surface area contributed by atoms with Gasteiger partial charge in [0.15, 0.2) is 0 Å². The van der Waals surface area contributed by atoms with Crippen LogP contribution in [-0.4, -0.2) is 23.0 Å². The number of hydrogen-bond acceptors (Lipinski definition) is 8. The van der Waals surface area contributed by atoms with Gasteiger partial charge in [-0.05, 0) is 95.9 Å². The van der Waals surface area contributed by atoms with Gasteiger partial charge in [-0.25, -0.2) is 0 Å². The van der Waals surface area contributed by atoms with E-state index >= 15 is 0 Å². The Kier molecular flexibility index (Phi) is 10.5. The summed E-state index contributed by atoms with van der Waals surface area (Å²) >= 11 is 20.2. The predicted molar refractivity (Wildman–Crippen MR) is 162 cm³/mol. The lowest BCUT2D eigenvalue weighted by atomic mass is 10.3. The summed E-state index contributed by atoms with van der Waals surface area (Å²) in [6.45, 7) is 0. The first-order valence-corrected chi connectivity index (χ1v) is 17.3. The molecule has 0 radical (unpaired) electrons. The molecule has 4 aromatic heterocycles. The average Bonchev–Trinajstić information content (AvgIpc) is 3.60. The van der Waals surface area contributed by atoms with Gasteiger partial charge < -0.3 is 0 Å². The summed E-state index contributed by atoms with van der Waals surface area (Å²) in [4.78, 5) is 11.2. The molecule has 0 atom stereocenters. The van der Waals surface area contributed by atoms with Crippen LogP contribution in [0.3, 0.4) is 0 Å². The fourth-order valence-electron chi connectivity index (χ4n) is 3.16. The van der Waals surface area contributed by atoms with Crippen LogP contribution in [0.15, 0.2) is 56.9 Å². The first-order chi connectivity index (χ1) is 15.8. The molecule has 4 rings (SSSR count). The number of rotatable bonds is 13. The Morgan fingerprint density at radius 1 is 0.562 bits per heavy atom. The topological polar surface area (TPSA) is 0 Å². The Hall–Kier alpha value is 0.200. The van der Waals surface area contributed by atoms with E-state index in [9.17, 15) is 0 Å². The molecule has 170 valence electrons. The van der Waals surface area contributed by atoms with Crippen molar-refractivity contribution in [3.63, 3.8) is 0 Å². The van der Waals surface area contributed by atoms with E-state index in [1.807, 2.05) is 68.9 Å². The van der Waals surface area contributed by atoms with Gasteiger partial charge in [0.25, 0.3) is 0 Å². The third-order valence-electron chi connectivity index (χ3n) is 4.78. The quantitative estimate of drug-likeness (QED) is 0.0932. The highest BCUT2D eigenvalue weighted by atomic mass is 32.2. The lowest BCUT2D eigenvalue weighted by Crippen LogP contribution is -1.81. The molecule has 0 aliphatic carbocycles. The second-order valence-corrected chi connectivity index (χ2v) is 14.3. The van der Waals surface area contributed by atoms with Crippen molar-refractivity contribution in [1.82, 2.24) is 0 Å². The Bertz CT molecular complexity index is 997. The highest BCUT2D eigenvalue weighted by Gasteiger charge is 2.14. The van der Waals surface area contributed by atoms with E-state index in [0.717, 1.165) is 11.5 Å². The normalized spacial score (nSPS) is 11.4. The van der Waals surface area contributed by atoms with E-state index in [1.165, 1.54) is 76.2 Å². The van der Waals surface area contributed by atoms with Crippen LogP contribution in [0.5, 0.6) is 0 Å². The van der Waals surface area contributed by atoms with Crippen LogP contribution in [-0.2, 0) is 0 Å². The highest BCUT2D eigenvalue weighted by molar-refractivity contribution is 7.99. The van der Waals surface area contributed by atoms with Crippen LogP contribution in [0.1, 0.15) is 25.7 Å². The SMILES string of the molecule is SCCCCSc1ccsc1-c1ccc(-c2ccc(-c3sccc3SCCCCS)s2)s1. The molecule has 4 aromatic rings. The zero-order valence-corrected chi connectivity index (χ0v) is 24.3. The van der Waals surface area contributed by atoms with E-state index in [1.54, 1.807) is 0 Å². The monoisotopic (exact) mass is 570 g/mol. The van der Waals surface area contributed by atoms with Crippen LogP contribution >= 0.6 is 94.1 Å². The number of hydrogen-bond donors (Lipinski definition) is 2. The molecule has 0 amide bonds. The molecular formula is C24H26S8. The maximum atomic E-state index is 4.33. The lowest BCUT2D eigenvalue weighted by molar-refractivity contribution is 0.910. The van der Waals surface area contributed by atoms with E-state index in [2.05, 4.69) is 72.4 Å². The third kappa shape index (κ3) is 6.66. The number of thioether (sulfide) groups is 2. The van der Waals surface area contributed by atoms with Gasteiger partial charge in [0.05, 0.1) is 9.75 Å². The largest absolute Gasteiger partial charge is 0.179 e. The van der Waals surface area contributed by atoms with E-state index in [-0.39, 0.29) is 0 Å². The smallest absolute Gasteiger partial charge is 0.0578 e. The minimum absolute atomic E-state index is 0.982. The summed E-state index contributed by atoms with van der Waals surface area (Å²) in [6.07, 6.45) is 4.85. The highest BCUT2D eigenvalue weighted by Crippen LogP contribution is 2.46. The molecule has 0 unspecified atom stereocenters. The van der Waals surface area contributed by atoms with Crippen LogP contribution in [0.2, 0.25) is 0 Å². The van der Waals surface area contributed by atoms with Gasteiger partial charge in [0.2, 0.25) is 0 Å². The van der Waals surface area contributed by atoms with Crippen molar-refractivity contribution in [2.45, 2.75) is 35.5 Å². The fraction of sp³-hybridized carbons (Fsp3) is 0.333. The van der Waals surface area contributed by atoms with Crippen molar-refractivity contribution in [1.29, 1.82) is 0 Å². The van der Waals surface area contributed by atoms with Gasteiger partial charge in [0, 0.05) is 29.3 Å². The van der Waals surface area contributed by atoms with Gasteiger partial charge in [0.1, 0.15) is 0 Å². The second-order valence-electron chi connectivity index (χ2n) is 7.11. The Morgan fingerprint density at radius 2 is 1.00 bits per heavy atom. The van der Waals surface area contributed by atoms with E-state index in [4.69, 9.17) is 0 Å². The molecule has 0 bridgehead atoms. The number of thiophene rings is 4. The Morgan fingerprint density at radius 3 is 1.44 bits per heavy atom. The lowest BCUT2D eigenvalue weighted by Gasteiger charge is -2.02. The van der Waals surface area contributed by atoms with Gasteiger partial charge in [-0.15, -0.1) is 68.9 Å². The van der Waals surface area contributed by atoms with E-state index < -0.39 is 0 Å². The van der Waals surface area contributed by atoms with Crippen LogP contribution in [0, 0.1) is 0 Å². The molecule has 0 saturated carbocycles. The minimum atomic E-state index is 0.982. The number of unbranched alkanes of at least 4 members (excludes halogenated alkanes) is 2. The molecule has 0 aromatic carbocycles. The van der Waals surface area contributed by atoms with Crippen molar-refractivity contribution in [3.05, 3.63) is 47.2 Å². The summed E-state index contributed by atoms with van der Waals surface area (Å²) in [5.74, 6) is 4.31. The van der Waals surface area contributed by atoms with Gasteiger partial charge >= 0.3 is 0 Å². The molecule has 0 fully saturated rings. The summed E-state index contributed by atoms with van der Waals surface area (Å²) in [5.41, 5.74) is 0. The standard InChI is InChI=1S/C24H26S8/c25-11-1-3-13-27-19-9-15-29-23(19)21-7-5-17(31-21)18-6-8-22(32-18)24-20(10-16-30-24)28-14-4-2-12-26/h5-10,15-16,25-26H,1-4,11-14H2. The average molecular weight is 571 g/mol. The minimum Gasteiger partial charge on any atom is -0.179 e. The molecule has 0 saturated heterocycles. The first-order valence-electron chi connectivity index (χ1n) is 10.6. The predicted octanol–water partition coefficient (Wildman–Crippen LogP) is 10.5. The van der Waals surface area contributed by atoms with Crippen molar-refractivity contribution in [2.75, 3.05) is 23.0 Å². The van der Waals surface area contributed by atoms with Gasteiger partial charge in [-0.3, -0.25) is 0 Å². The Balaban J connectivity index is 1.45. The van der Waals surface area contributed by atoms with E-state index in [0.29, 0.717) is 0 Å². The molecule has 0 aliphatic rings. The Labute approximate surface area is 227 Å². The summed E-state index contributed by atoms with van der Waals surface area (Å²) in [6, 6.07) is 13.8. The van der Waals surface area contributed by atoms with Crippen molar-refractivity contribution >= 4 is 94.1 Å². The maximum Gasteiger partial charge on any atom is 0.0578 e. The number of thiol groups is 2. The van der Waals surface area contributed by atoms with Crippen molar-refractivity contribution in [3.8, 4) is 29.3 Å². The fourth-order valence-corrected chi connectivity index (χ4v) is 10.5. The van der Waals surface area contributed by atoms with Crippen LogP contribution < -0.4 is 0 Å². The summed E-state index contributed by atoms with van der Waals surface area (Å²) < 4.78 is 0. The maximum absolute atomic E-state index is 4.33. The third-order valence-corrected chi connectivity index (χ3v) is 12.5. The molecule has 4 heterocycles. The molecule has 0 aliphatic heterocycles. The van der Waals surface area contributed by atoms with Crippen LogP contribution in [0.4, 0.5) is 0 Å².